The minimum atomic E-state index is -0.583. The number of hydrogen-bond acceptors (Lipinski definition) is 3. The van der Waals surface area contributed by atoms with Crippen LogP contribution in [0.25, 0.3) is 0 Å². The molecule has 2 aromatic rings. The number of nitrogen functional groups attached to an aromatic ring is 1. The van der Waals surface area contributed by atoms with Crippen LogP contribution in [0.2, 0.25) is 0 Å². The van der Waals surface area contributed by atoms with E-state index in [0.29, 0.717) is 5.56 Å². The van der Waals surface area contributed by atoms with Crippen LogP contribution in [0.3, 0.4) is 0 Å². The van der Waals surface area contributed by atoms with Crippen LogP contribution in [0.5, 0.6) is 11.5 Å². The molecule has 0 aliphatic rings. The molecule has 0 saturated carbocycles. The number of carbonyl (C=O) groups excluding carboxylic acids is 1. The van der Waals surface area contributed by atoms with Crippen LogP contribution in [0.1, 0.15) is 15.9 Å². The van der Waals surface area contributed by atoms with Gasteiger partial charge < -0.3 is 16.2 Å². The van der Waals surface area contributed by atoms with Crippen molar-refractivity contribution in [3.05, 3.63) is 53.3 Å². The number of ether oxygens (including phenoxy) is 1. The Labute approximate surface area is 109 Å². The monoisotopic (exact) mass is 260 g/mol. The van der Waals surface area contributed by atoms with E-state index in [1.165, 1.54) is 24.3 Å². The summed E-state index contributed by atoms with van der Waals surface area (Å²) in [6.45, 7) is 1.64. The summed E-state index contributed by atoms with van der Waals surface area (Å²) in [6.07, 6.45) is 0. The van der Waals surface area contributed by atoms with E-state index >= 15 is 0 Å². The van der Waals surface area contributed by atoms with Crippen LogP contribution in [-0.4, -0.2) is 5.91 Å². The van der Waals surface area contributed by atoms with Gasteiger partial charge >= 0.3 is 0 Å². The highest BCUT2D eigenvalue weighted by Crippen LogP contribution is 2.30. The van der Waals surface area contributed by atoms with E-state index in [1.54, 1.807) is 19.1 Å². The molecule has 4 N–H and O–H groups in total. The third-order valence-corrected chi connectivity index (χ3v) is 2.67. The number of aryl methyl sites for hydroxylation is 1. The minimum absolute atomic E-state index is 0.0820. The fourth-order valence-electron chi connectivity index (χ4n) is 1.61. The Balaban J connectivity index is 2.34. The highest BCUT2D eigenvalue weighted by atomic mass is 19.1. The van der Waals surface area contributed by atoms with Gasteiger partial charge in [-0.05, 0) is 36.8 Å². The molecule has 0 bridgehead atoms. The molecule has 19 heavy (non-hydrogen) atoms. The molecule has 2 rings (SSSR count). The van der Waals surface area contributed by atoms with Crippen molar-refractivity contribution >= 4 is 11.6 Å². The molecule has 0 saturated heterocycles. The summed E-state index contributed by atoms with van der Waals surface area (Å²) in [5.74, 6) is -0.672. The van der Waals surface area contributed by atoms with Crippen molar-refractivity contribution in [1.29, 1.82) is 0 Å². The maximum absolute atomic E-state index is 13.8. The predicted molar refractivity (Wildman–Crippen MR) is 70.6 cm³/mol. The van der Waals surface area contributed by atoms with Gasteiger partial charge in [-0.2, -0.15) is 0 Å². The van der Waals surface area contributed by atoms with Crippen molar-refractivity contribution in [1.82, 2.24) is 0 Å². The molecule has 5 heteroatoms. The van der Waals surface area contributed by atoms with Crippen molar-refractivity contribution in [2.45, 2.75) is 6.92 Å². The van der Waals surface area contributed by atoms with Crippen molar-refractivity contribution < 1.29 is 13.9 Å². The van der Waals surface area contributed by atoms with E-state index in [1.807, 2.05) is 0 Å². The molecule has 0 unspecified atom stereocenters. The first-order valence-corrected chi connectivity index (χ1v) is 5.61. The maximum Gasteiger partial charge on any atom is 0.248 e. The third kappa shape index (κ3) is 2.65. The number of benzene rings is 2. The molecule has 0 radical (unpaired) electrons. The molecule has 98 valence electrons. The standard InChI is InChI=1S/C14H13FN2O2/c1-8-3-2-4-12(13(8)15)19-11-6-5-9(14(17)18)7-10(11)16/h2-7H,16H2,1H3,(H2,17,18). The molecular formula is C14H13FN2O2. The average molecular weight is 260 g/mol. The van der Waals surface area contributed by atoms with E-state index in [-0.39, 0.29) is 22.7 Å². The second kappa shape index (κ2) is 4.97. The number of carbonyl (C=O) groups is 1. The number of anilines is 1. The van der Waals surface area contributed by atoms with E-state index in [0.717, 1.165) is 0 Å². The highest BCUT2D eigenvalue weighted by molar-refractivity contribution is 5.94. The van der Waals surface area contributed by atoms with Crippen LogP contribution in [0, 0.1) is 12.7 Å². The smallest absolute Gasteiger partial charge is 0.248 e. The van der Waals surface area contributed by atoms with E-state index < -0.39 is 11.7 Å². The maximum atomic E-state index is 13.8. The summed E-state index contributed by atoms with van der Waals surface area (Å²) < 4.78 is 19.2. The first-order valence-electron chi connectivity index (χ1n) is 5.61. The quantitative estimate of drug-likeness (QED) is 0.832. The van der Waals surface area contributed by atoms with Gasteiger partial charge in [0.15, 0.2) is 17.3 Å². The summed E-state index contributed by atoms with van der Waals surface area (Å²) in [4.78, 5) is 11.0. The van der Waals surface area contributed by atoms with Gasteiger partial charge in [-0.3, -0.25) is 4.79 Å². The molecule has 0 heterocycles. The van der Waals surface area contributed by atoms with Gasteiger partial charge in [-0.25, -0.2) is 4.39 Å². The van der Waals surface area contributed by atoms with Crippen LogP contribution in [-0.2, 0) is 0 Å². The number of nitrogens with two attached hydrogens (primary N) is 2. The second-order valence-electron chi connectivity index (χ2n) is 4.11. The van der Waals surface area contributed by atoms with Crippen LogP contribution < -0.4 is 16.2 Å². The van der Waals surface area contributed by atoms with Gasteiger partial charge in [0.2, 0.25) is 5.91 Å². The van der Waals surface area contributed by atoms with Gasteiger partial charge in [-0.1, -0.05) is 12.1 Å². The lowest BCUT2D eigenvalue weighted by Crippen LogP contribution is -2.11. The lowest BCUT2D eigenvalue weighted by molar-refractivity contribution is 0.100. The Hall–Kier alpha value is -2.56. The molecule has 4 nitrogen and oxygen atoms in total. The molecule has 0 aromatic heterocycles. The van der Waals surface area contributed by atoms with Crippen molar-refractivity contribution in [2.75, 3.05) is 5.73 Å². The third-order valence-electron chi connectivity index (χ3n) is 2.67. The van der Waals surface area contributed by atoms with Crippen molar-refractivity contribution in [3.8, 4) is 11.5 Å². The number of halogens is 1. The molecule has 0 aliphatic heterocycles. The van der Waals surface area contributed by atoms with E-state index in [4.69, 9.17) is 16.2 Å². The average Bonchev–Trinajstić information content (AvgIpc) is 2.37. The molecule has 0 fully saturated rings. The zero-order chi connectivity index (χ0) is 14.0. The Morgan fingerprint density at radius 1 is 1.21 bits per heavy atom. The first-order chi connectivity index (χ1) is 8.99. The highest BCUT2D eigenvalue weighted by Gasteiger charge is 2.10. The van der Waals surface area contributed by atoms with Crippen LogP contribution in [0.4, 0.5) is 10.1 Å². The molecule has 0 aliphatic carbocycles. The van der Waals surface area contributed by atoms with Gasteiger partial charge in [0.05, 0.1) is 5.69 Å². The number of amides is 1. The Bertz CT molecular complexity index is 641. The fraction of sp³-hybridized carbons (Fsp3) is 0.0714. The second-order valence-corrected chi connectivity index (χ2v) is 4.11. The van der Waals surface area contributed by atoms with Crippen molar-refractivity contribution in [3.63, 3.8) is 0 Å². The lowest BCUT2D eigenvalue weighted by Gasteiger charge is -2.10. The van der Waals surface area contributed by atoms with Crippen LogP contribution in [0.15, 0.2) is 36.4 Å². The molecule has 0 atom stereocenters. The van der Waals surface area contributed by atoms with Gasteiger partial charge in [-0.15, -0.1) is 0 Å². The molecule has 1 amide bonds. The number of hydrogen-bond donors (Lipinski definition) is 2. The summed E-state index contributed by atoms with van der Waals surface area (Å²) in [7, 11) is 0. The Morgan fingerprint density at radius 2 is 1.95 bits per heavy atom. The Morgan fingerprint density at radius 3 is 2.58 bits per heavy atom. The summed E-state index contributed by atoms with van der Waals surface area (Å²) in [6, 6.07) is 9.18. The topological polar surface area (TPSA) is 78.3 Å². The predicted octanol–water partition coefficient (Wildman–Crippen LogP) is 2.61. The zero-order valence-electron chi connectivity index (χ0n) is 10.3. The fourth-order valence-corrected chi connectivity index (χ4v) is 1.61. The normalized spacial score (nSPS) is 10.2. The Kier molecular flexibility index (Phi) is 3.37. The minimum Gasteiger partial charge on any atom is -0.452 e. The van der Waals surface area contributed by atoms with Gasteiger partial charge in [0, 0.05) is 5.56 Å². The zero-order valence-corrected chi connectivity index (χ0v) is 10.3. The first kappa shape index (κ1) is 12.9. The van der Waals surface area contributed by atoms with Crippen LogP contribution >= 0.6 is 0 Å². The number of primary amides is 1. The van der Waals surface area contributed by atoms with E-state index in [9.17, 15) is 9.18 Å². The molecule has 2 aromatic carbocycles. The molecular weight excluding hydrogens is 247 g/mol. The molecule has 0 spiro atoms. The summed E-state index contributed by atoms with van der Waals surface area (Å²) >= 11 is 0. The lowest BCUT2D eigenvalue weighted by atomic mass is 10.2. The largest absolute Gasteiger partial charge is 0.452 e. The number of rotatable bonds is 3. The van der Waals surface area contributed by atoms with Gasteiger partial charge in [0.1, 0.15) is 0 Å². The van der Waals surface area contributed by atoms with Gasteiger partial charge in [0.25, 0.3) is 0 Å². The van der Waals surface area contributed by atoms with E-state index in [2.05, 4.69) is 0 Å². The summed E-state index contributed by atoms with van der Waals surface area (Å²) in [5, 5.41) is 0. The van der Waals surface area contributed by atoms with Crippen molar-refractivity contribution in [2.24, 2.45) is 5.73 Å². The SMILES string of the molecule is Cc1cccc(Oc2ccc(C(N)=O)cc2N)c1F. The summed E-state index contributed by atoms with van der Waals surface area (Å²) in [5.41, 5.74) is 11.8.